The van der Waals surface area contributed by atoms with E-state index in [1.807, 2.05) is 37.3 Å². The van der Waals surface area contributed by atoms with E-state index in [1.165, 1.54) is 6.07 Å². The fourth-order valence-electron chi connectivity index (χ4n) is 2.81. The molecule has 7 nitrogen and oxygen atoms in total. The number of methoxy groups -OCH3 is 1. The average Bonchev–Trinajstić information content (AvgIpc) is 3.09. The molecule has 0 bridgehead atoms. The molecule has 0 aliphatic rings. The van der Waals surface area contributed by atoms with Gasteiger partial charge >= 0.3 is 0 Å². The molecule has 3 heterocycles. The number of aromatic nitrogens is 5. The third kappa shape index (κ3) is 3.47. The van der Waals surface area contributed by atoms with Gasteiger partial charge in [0.05, 0.1) is 17.4 Å². The van der Waals surface area contributed by atoms with E-state index in [0.717, 1.165) is 22.8 Å². The number of aromatic amines is 1. The second kappa shape index (κ2) is 7.08. The molecule has 0 spiro atoms. The van der Waals surface area contributed by atoms with Crippen molar-refractivity contribution in [2.24, 2.45) is 0 Å². The van der Waals surface area contributed by atoms with Crippen LogP contribution < -0.4 is 5.32 Å². The van der Waals surface area contributed by atoms with Crippen LogP contribution in [0.25, 0.3) is 10.9 Å². The topological polar surface area (TPSA) is 88.6 Å². The van der Waals surface area contributed by atoms with Crippen molar-refractivity contribution in [2.45, 2.75) is 13.0 Å². The van der Waals surface area contributed by atoms with Gasteiger partial charge in [-0.1, -0.05) is 12.1 Å². The van der Waals surface area contributed by atoms with Crippen LogP contribution in [-0.2, 0) is 4.74 Å². The van der Waals surface area contributed by atoms with Crippen molar-refractivity contribution in [3.05, 3.63) is 71.7 Å². The number of ether oxygens (including phenoxy) is 1. The maximum Gasteiger partial charge on any atom is 0.166 e. The van der Waals surface area contributed by atoms with Crippen LogP contribution in [0.3, 0.4) is 0 Å². The number of rotatable bonds is 5. The van der Waals surface area contributed by atoms with Gasteiger partial charge in [0.15, 0.2) is 17.7 Å². The Kier molecular flexibility index (Phi) is 4.47. The van der Waals surface area contributed by atoms with Crippen molar-refractivity contribution >= 4 is 22.5 Å². The predicted molar refractivity (Wildman–Crippen MR) is 99.2 cm³/mol. The number of nitrogens with zero attached hydrogens (tertiary/aromatic N) is 4. The Labute approximate surface area is 154 Å². The van der Waals surface area contributed by atoms with Crippen molar-refractivity contribution in [3.8, 4) is 0 Å². The Balaban J connectivity index is 1.81. The summed E-state index contributed by atoms with van der Waals surface area (Å²) in [6.45, 7) is 1.92. The molecule has 4 rings (SSSR count). The standard InChI is InChI=1S/C19H17FN6O/c1-11-9-16(26-25-11)23-18-13-5-3-4-6-14(13)22-19(24-18)17(27-2)15-8-7-12(20)10-21-15/h3-10,17H,1-2H3,(H2,22,23,24,25,26)/t17-/m1/s1. The van der Waals surface area contributed by atoms with Gasteiger partial charge in [-0.05, 0) is 31.2 Å². The number of nitrogens with one attached hydrogen (secondary N) is 2. The number of para-hydroxylation sites is 1. The van der Waals surface area contributed by atoms with Gasteiger partial charge in [-0.15, -0.1) is 0 Å². The van der Waals surface area contributed by atoms with Crippen LogP contribution in [0.1, 0.15) is 23.3 Å². The predicted octanol–water partition coefficient (Wildman–Crippen LogP) is 3.67. The highest BCUT2D eigenvalue weighted by Gasteiger charge is 2.20. The molecule has 1 aromatic carbocycles. The second-order valence-corrected chi connectivity index (χ2v) is 6.03. The molecule has 8 heteroatoms. The normalized spacial score (nSPS) is 12.3. The van der Waals surface area contributed by atoms with Crippen molar-refractivity contribution in [1.29, 1.82) is 0 Å². The highest BCUT2D eigenvalue weighted by molar-refractivity contribution is 5.90. The first-order valence-corrected chi connectivity index (χ1v) is 8.34. The molecule has 0 radical (unpaired) electrons. The summed E-state index contributed by atoms with van der Waals surface area (Å²) in [5, 5.41) is 11.2. The number of aryl methyl sites for hydroxylation is 1. The van der Waals surface area contributed by atoms with Gasteiger partial charge in [-0.25, -0.2) is 14.4 Å². The number of hydrogen-bond acceptors (Lipinski definition) is 6. The van der Waals surface area contributed by atoms with E-state index in [9.17, 15) is 4.39 Å². The average molecular weight is 364 g/mol. The number of halogens is 1. The number of H-pyrrole nitrogens is 1. The van der Waals surface area contributed by atoms with E-state index in [1.54, 1.807) is 13.2 Å². The van der Waals surface area contributed by atoms with Crippen LogP contribution in [-0.4, -0.2) is 32.3 Å². The minimum Gasteiger partial charge on any atom is -0.367 e. The lowest BCUT2D eigenvalue weighted by Crippen LogP contribution is -2.12. The molecule has 2 N–H and O–H groups in total. The molecule has 0 aliphatic heterocycles. The van der Waals surface area contributed by atoms with Gasteiger partial charge < -0.3 is 10.1 Å². The van der Waals surface area contributed by atoms with Crippen LogP contribution >= 0.6 is 0 Å². The maximum absolute atomic E-state index is 13.2. The van der Waals surface area contributed by atoms with Gasteiger partial charge in [0, 0.05) is 24.3 Å². The zero-order chi connectivity index (χ0) is 18.8. The van der Waals surface area contributed by atoms with Crippen molar-refractivity contribution < 1.29 is 9.13 Å². The summed E-state index contributed by atoms with van der Waals surface area (Å²) in [7, 11) is 1.54. The quantitative estimate of drug-likeness (QED) is 0.562. The van der Waals surface area contributed by atoms with Crippen molar-refractivity contribution in [2.75, 3.05) is 12.4 Å². The lowest BCUT2D eigenvalue weighted by atomic mass is 10.2. The van der Waals surface area contributed by atoms with Gasteiger partial charge in [0.25, 0.3) is 0 Å². The first-order valence-electron chi connectivity index (χ1n) is 8.34. The van der Waals surface area contributed by atoms with Crippen molar-refractivity contribution in [3.63, 3.8) is 0 Å². The Morgan fingerprint density at radius 3 is 2.70 bits per heavy atom. The van der Waals surface area contributed by atoms with Crippen LogP contribution in [0.15, 0.2) is 48.7 Å². The molecule has 0 unspecified atom stereocenters. The SMILES string of the molecule is CO[C@H](c1ccc(F)cn1)c1nc(Nc2cc(C)[nH]n2)c2ccccc2n1. The second-order valence-electron chi connectivity index (χ2n) is 6.03. The van der Waals surface area contributed by atoms with Gasteiger partial charge in [-0.3, -0.25) is 10.1 Å². The largest absolute Gasteiger partial charge is 0.367 e. The highest BCUT2D eigenvalue weighted by atomic mass is 19.1. The molecule has 0 saturated carbocycles. The van der Waals surface area contributed by atoms with Gasteiger partial charge in [0.1, 0.15) is 11.6 Å². The summed E-state index contributed by atoms with van der Waals surface area (Å²) in [6.07, 6.45) is 0.519. The Bertz CT molecular complexity index is 1080. The monoisotopic (exact) mass is 364 g/mol. The first-order chi connectivity index (χ1) is 13.1. The van der Waals surface area contributed by atoms with Gasteiger partial charge in [-0.2, -0.15) is 5.10 Å². The molecule has 27 heavy (non-hydrogen) atoms. The molecular weight excluding hydrogens is 347 g/mol. The number of benzene rings is 1. The van der Waals surface area contributed by atoms with E-state index in [-0.39, 0.29) is 0 Å². The zero-order valence-corrected chi connectivity index (χ0v) is 14.8. The number of fused-ring (bicyclic) bond motifs is 1. The summed E-state index contributed by atoms with van der Waals surface area (Å²) in [5.41, 5.74) is 2.21. The summed E-state index contributed by atoms with van der Waals surface area (Å²) < 4.78 is 18.8. The number of anilines is 2. The van der Waals surface area contributed by atoms with E-state index >= 15 is 0 Å². The Morgan fingerprint density at radius 1 is 1.15 bits per heavy atom. The fraction of sp³-hybridized carbons (Fsp3) is 0.158. The van der Waals surface area contributed by atoms with Crippen LogP contribution in [0.4, 0.5) is 16.0 Å². The molecule has 0 aliphatic carbocycles. The van der Waals surface area contributed by atoms with E-state index in [4.69, 9.17) is 4.74 Å². The van der Waals surface area contributed by atoms with Crippen LogP contribution in [0.2, 0.25) is 0 Å². The summed E-state index contributed by atoms with van der Waals surface area (Å²) in [4.78, 5) is 13.4. The molecule has 136 valence electrons. The molecule has 0 saturated heterocycles. The molecular formula is C19H17FN6O. The molecule has 1 atom stereocenters. The Morgan fingerprint density at radius 2 is 2.00 bits per heavy atom. The number of pyridine rings is 1. The number of hydrogen-bond donors (Lipinski definition) is 2. The summed E-state index contributed by atoms with van der Waals surface area (Å²) in [6, 6.07) is 12.4. The highest BCUT2D eigenvalue weighted by Crippen LogP contribution is 2.28. The molecule has 4 aromatic rings. The Hall–Kier alpha value is -3.39. The summed E-state index contributed by atoms with van der Waals surface area (Å²) in [5.74, 6) is 1.26. The lowest BCUT2D eigenvalue weighted by molar-refractivity contribution is 0.126. The third-order valence-corrected chi connectivity index (χ3v) is 4.06. The fourth-order valence-corrected chi connectivity index (χ4v) is 2.81. The lowest BCUT2D eigenvalue weighted by Gasteiger charge is -2.16. The van der Waals surface area contributed by atoms with E-state index in [2.05, 4.69) is 30.5 Å². The molecule has 0 amide bonds. The smallest absolute Gasteiger partial charge is 0.166 e. The van der Waals surface area contributed by atoms with Crippen molar-refractivity contribution in [1.82, 2.24) is 25.1 Å². The minimum atomic E-state index is -0.628. The molecule has 0 fully saturated rings. The van der Waals surface area contributed by atoms with Gasteiger partial charge in [0.2, 0.25) is 0 Å². The maximum atomic E-state index is 13.2. The van der Waals surface area contributed by atoms with Crippen LogP contribution in [0, 0.1) is 12.7 Å². The van der Waals surface area contributed by atoms with E-state index < -0.39 is 11.9 Å². The third-order valence-electron chi connectivity index (χ3n) is 4.06. The van der Waals surface area contributed by atoms with E-state index in [0.29, 0.717) is 23.2 Å². The van der Waals surface area contributed by atoms with Crippen LogP contribution in [0.5, 0.6) is 0 Å². The molecule has 3 aromatic heterocycles. The first kappa shape index (κ1) is 17.0. The zero-order valence-electron chi connectivity index (χ0n) is 14.8. The summed E-state index contributed by atoms with van der Waals surface area (Å²) >= 11 is 0. The minimum absolute atomic E-state index is 0.413.